The van der Waals surface area contributed by atoms with E-state index in [-0.39, 0.29) is 12.4 Å². The van der Waals surface area contributed by atoms with E-state index in [9.17, 15) is 14.3 Å². The minimum absolute atomic E-state index is 0.278. The van der Waals surface area contributed by atoms with Crippen molar-refractivity contribution >= 4 is 16.9 Å². The van der Waals surface area contributed by atoms with Gasteiger partial charge in [0.15, 0.2) is 11.5 Å². The normalized spacial score (nSPS) is 11.9. The van der Waals surface area contributed by atoms with Crippen molar-refractivity contribution in [3.63, 3.8) is 0 Å². The van der Waals surface area contributed by atoms with Crippen LogP contribution in [0.15, 0.2) is 72.9 Å². The number of nitrogens with one attached hydrogen (secondary N) is 2. The molecule has 0 fully saturated rings. The molecule has 4 aromatic rings. The van der Waals surface area contributed by atoms with E-state index in [1.165, 1.54) is 12.1 Å². The second-order valence-corrected chi connectivity index (χ2v) is 7.74. The fourth-order valence-electron chi connectivity index (χ4n) is 3.69. The van der Waals surface area contributed by atoms with Crippen LogP contribution in [0.25, 0.3) is 10.9 Å². The Morgan fingerprint density at radius 2 is 1.82 bits per heavy atom. The van der Waals surface area contributed by atoms with E-state index in [1.807, 2.05) is 42.6 Å². The minimum Gasteiger partial charge on any atom is -0.493 e. The molecule has 33 heavy (non-hydrogen) atoms. The van der Waals surface area contributed by atoms with E-state index < -0.39 is 12.0 Å². The number of ether oxygens (including phenoxy) is 2. The van der Waals surface area contributed by atoms with Gasteiger partial charge in [0.2, 0.25) is 0 Å². The lowest BCUT2D eigenvalue weighted by Crippen LogP contribution is -2.38. The van der Waals surface area contributed by atoms with Crippen LogP contribution in [-0.4, -0.2) is 29.2 Å². The zero-order valence-electron chi connectivity index (χ0n) is 18.2. The monoisotopic (exact) mass is 448 g/mol. The van der Waals surface area contributed by atoms with Gasteiger partial charge in [-0.2, -0.15) is 0 Å². The van der Waals surface area contributed by atoms with Gasteiger partial charge in [0.25, 0.3) is 0 Å². The van der Waals surface area contributed by atoms with Gasteiger partial charge >= 0.3 is 5.97 Å². The molecular formula is C26H25FN2O4. The van der Waals surface area contributed by atoms with E-state index >= 15 is 0 Å². The molecular weight excluding hydrogens is 423 g/mol. The molecule has 0 aliphatic rings. The molecule has 0 unspecified atom stereocenters. The van der Waals surface area contributed by atoms with Crippen LogP contribution in [-0.2, 0) is 24.4 Å². The number of fused-ring (bicyclic) bond motifs is 1. The first-order valence-corrected chi connectivity index (χ1v) is 10.6. The molecule has 170 valence electrons. The van der Waals surface area contributed by atoms with Gasteiger partial charge in [-0.1, -0.05) is 36.4 Å². The summed E-state index contributed by atoms with van der Waals surface area (Å²) in [7, 11) is 1.55. The number of para-hydroxylation sites is 1. The van der Waals surface area contributed by atoms with Crippen LogP contribution in [0.2, 0.25) is 0 Å². The van der Waals surface area contributed by atoms with Gasteiger partial charge in [0.05, 0.1) is 7.11 Å². The van der Waals surface area contributed by atoms with Crippen LogP contribution in [0.5, 0.6) is 11.5 Å². The molecule has 1 heterocycles. The molecule has 1 atom stereocenters. The fourth-order valence-corrected chi connectivity index (χ4v) is 3.69. The summed E-state index contributed by atoms with van der Waals surface area (Å²) in [6.07, 6.45) is 2.22. The lowest BCUT2D eigenvalue weighted by atomic mass is 10.0. The molecule has 3 N–H and O–H groups in total. The Balaban J connectivity index is 1.40. The predicted molar refractivity (Wildman–Crippen MR) is 124 cm³/mol. The first kappa shape index (κ1) is 22.4. The lowest BCUT2D eigenvalue weighted by molar-refractivity contribution is -0.139. The maximum absolute atomic E-state index is 13.1. The number of aromatic nitrogens is 1. The Morgan fingerprint density at radius 3 is 2.58 bits per heavy atom. The number of hydrogen-bond donors (Lipinski definition) is 3. The maximum atomic E-state index is 13.1. The highest BCUT2D eigenvalue weighted by Gasteiger charge is 2.19. The quantitative estimate of drug-likeness (QED) is 0.328. The highest BCUT2D eigenvalue weighted by molar-refractivity contribution is 5.84. The second kappa shape index (κ2) is 10.2. The highest BCUT2D eigenvalue weighted by atomic mass is 19.1. The number of benzene rings is 3. The van der Waals surface area contributed by atoms with Gasteiger partial charge < -0.3 is 24.9 Å². The van der Waals surface area contributed by atoms with Gasteiger partial charge in [0, 0.05) is 30.1 Å². The van der Waals surface area contributed by atoms with Crippen LogP contribution < -0.4 is 14.8 Å². The highest BCUT2D eigenvalue weighted by Crippen LogP contribution is 2.29. The van der Waals surface area contributed by atoms with Gasteiger partial charge in [-0.05, 0) is 47.0 Å². The van der Waals surface area contributed by atoms with Crippen molar-refractivity contribution in [3.05, 3.63) is 95.4 Å². The molecule has 3 aromatic carbocycles. The number of methoxy groups -OCH3 is 1. The summed E-state index contributed by atoms with van der Waals surface area (Å²) in [5.74, 6) is -0.108. The average Bonchev–Trinajstić information content (AvgIpc) is 3.24. The van der Waals surface area contributed by atoms with Gasteiger partial charge in [-0.3, -0.25) is 4.79 Å². The first-order chi connectivity index (χ1) is 16.0. The smallest absolute Gasteiger partial charge is 0.321 e. The molecule has 6 nitrogen and oxygen atoms in total. The Kier molecular flexibility index (Phi) is 6.90. The van der Waals surface area contributed by atoms with Crippen LogP contribution in [0, 0.1) is 5.82 Å². The van der Waals surface area contributed by atoms with Crippen molar-refractivity contribution in [2.45, 2.75) is 25.6 Å². The number of H-pyrrole nitrogens is 1. The van der Waals surface area contributed by atoms with E-state index in [0.29, 0.717) is 24.5 Å². The molecule has 0 amide bonds. The third-order valence-corrected chi connectivity index (χ3v) is 5.49. The third-order valence-electron chi connectivity index (χ3n) is 5.49. The minimum atomic E-state index is -0.911. The standard InChI is InChI=1S/C26H25FN2O4/c1-32-25-12-18(8-11-24(25)33-16-17-6-9-20(27)10-7-17)14-28-23(26(30)31)13-19-15-29-22-5-3-2-4-21(19)22/h2-12,15,23,28-29H,13-14,16H2,1H3,(H,30,31)/t23-/m0/s1. The number of aliphatic carboxylic acids is 1. The lowest BCUT2D eigenvalue weighted by Gasteiger charge is -2.16. The molecule has 7 heteroatoms. The zero-order valence-corrected chi connectivity index (χ0v) is 18.2. The third kappa shape index (κ3) is 5.51. The Morgan fingerprint density at radius 1 is 1.06 bits per heavy atom. The largest absolute Gasteiger partial charge is 0.493 e. The van der Waals surface area contributed by atoms with E-state index in [2.05, 4.69) is 10.3 Å². The number of carboxylic acid groups (broad SMARTS) is 1. The van der Waals surface area contributed by atoms with Crippen molar-refractivity contribution in [3.8, 4) is 11.5 Å². The van der Waals surface area contributed by atoms with Crippen molar-refractivity contribution in [2.75, 3.05) is 7.11 Å². The van der Waals surface area contributed by atoms with Gasteiger partial charge in [-0.15, -0.1) is 0 Å². The molecule has 0 saturated heterocycles. The summed E-state index contributed by atoms with van der Waals surface area (Å²) < 4.78 is 24.3. The van der Waals surface area contributed by atoms with Crippen LogP contribution in [0.3, 0.4) is 0 Å². The van der Waals surface area contributed by atoms with Crippen LogP contribution >= 0.6 is 0 Å². The number of rotatable bonds is 10. The molecule has 0 spiro atoms. The molecule has 0 aliphatic heterocycles. The summed E-state index contributed by atoms with van der Waals surface area (Å²) in [5, 5.41) is 13.9. The summed E-state index contributed by atoms with van der Waals surface area (Å²) in [4.78, 5) is 15.0. The molecule has 1 aromatic heterocycles. The van der Waals surface area contributed by atoms with Crippen LogP contribution in [0.1, 0.15) is 16.7 Å². The molecule has 4 rings (SSSR count). The van der Waals surface area contributed by atoms with Gasteiger partial charge in [-0.25, -0.2) is 4.39 Å². The molecule has 0 saturated carbocycles. The second-order valence-electron chi connectivity index (χ2n) is 7.74. The summed E-state index contributed by atoms with van der Waals surface area (Å²) in [6, 6.07) is 18.7. The van der Waals surface area contributed by atoms with Gasteiger partial charge in [0.1, 0.15) is 18.5 Å². The molecule has 0 bridgehead atoms. The van der Waals surface area contributed by atoms with Crippen molar-refractivity contribution in [1.29, 1.82) is 0 Å². The Hall–Kier alpha value is -3.84. The number of halogens is 1. The Bertz CT molecular complexity index is 1240. The number of carboxylic acids is 1. The molecule has 0 radical (unpaired) electrons. The summed E-state index contributed by atoms with van der Waals surface area (Å²) in [5.41, 5.74) is 3.64. The van der Waals surface area contributed by atoms with Crippen molar-refractivity contribution in [1.82, 2.24) is 10.3 Å². The predicted octanol–water partition coefficient (Wildman–Crippen LogP) is 4.68. The fraction of sp³-hybridized carbons (Fsp3) is 0.192. The number of aromatic amines is 1. The zero-order chi connectivity index (χ0) is 23.2. The molecule has 0 aliphatic carbocycles. The average molecular weight is 448 g/mol. The van der Waals surface area contributed by atoms with Crippen LogP contribution in [0.4, 0.5) is 4.39 Å². The van der Waals surface area contributed by atoms with Crippen molar-refractivity contribution < 1.29 is 23.8 Å². The van der Waals surface area contributed by atoms with Crippen molar-refractivity contribution in [2.24, 2.45) is 0 Å². The number of carbonyl (C=O) groups is 1. The first-order valence-electron chi connectivity index (χ1n) is 10.6. The topological polar surface area (TPSA) is 83.6 Å². The van der Waals surface area contributed by atoms with E-state index in [4.69, 9.17) is 9.47 Å². The summed E-state index contributed by atoms with van der Waals surface area (Å²) >= 11 is 0. The SMILES string of the molecule is COc1cc(CN[C@@H](Cc2c[nH]c3ccccc23)C(=O)O)ccc1OCc1ccc(F)cc1. The van der Waals surface area contributed by atoms with E-state index in [1.54, 1.807) is 25.3 Å². The van der Waals surface area contributed by atoms with E-state index in [0.717, 1.165) is 27.6 Å². The summed E-state index contributed by atoms with van der Waals surface area (Å²) in [6.45, 7) is 0.633. The number of hydrogen-bond acceptors (Lipinski definition) is 4. The maximum Gasteiger partial charge on any atom is 0.321 e. The Labute approximate surface area is 191 Å².